The molecule has 5 aromatic rings. The molecule has 1 aliphatic carbocycles. The van der Waals surface area contributed by atoms with Gasteiger partial charge in [0.05, 0.1) is 5.92 Å². The first-order valence-electron chi connectivity index (χ1n) is 18.8. The number of anilines is 1. The molecule has 52 heavy (non-hydrogen) atoms. The molecular weight excluding hydrogens is 677 g/mol. The van der Waals surface area contributed by atoms with Gasteiger partial charge in [-0.3, -0.25) is 4.79 Å². The summed E-state index contributed by atoms with van der Waals surface area (Å²) in [5, 5.41) is 17.4. The first-order chi connectivity index (χ1) is 25.7. The minimum Gasteiger partial charge on any atom is -0.871 e. The zero-order valence-corrected chi connectivity index (χ0v) is 30.9. The van der Waals surface area contributed by atoms with E-state index in [0.717, 1.165) is 94.5 Å². The van der Waals surface area contributed by atoms with Crippen molar-refractivity contribution >= 4 is 44.5 Å². The highest BCUT2D eigenvalue weighted by Crippen LogP contribution is 2.59. The molecule has 2 atom stereocenters. The average molecular weight is 719 g/mol. The number of thiophene rings is 1. The number of Topliss-reactive ketones (excluding diaryl/α,β-unsaturated/α-hetero) is 1. The van der Waals surface area contributed by atoms with Crippen LogP contribution in [-0.4, -0.2) is 41.6 Å². The predicted molar refractivity (Wildman–Crippen MR) is 215 cm³/mol. The summed E-state index contributed by atoms with van der Waals surface area (Å²) in [4.78, 5) is 19.1. The molecule has 3 aliphatic heterocycles. The van der Waals surface area contributed by atoms with Crippen LogP contribution in [0.25, 0.3) is 27.8 Å². The van der Waals surface area contributed by atoms with Gasteiger partial charge < -0.3 is 10.0 Å². The lowest BCUT2D eigenvalue weighted by Gasteiger charge is -2.33. The van der Waals surface area contributed by atoms with Gasteiger partial charge in [0.15, 0.2) is 5.78 Å². The van der Waals surface area contributed by atoms with Gasteiger partial charge in [-0.15, -0.1) is 11.3 Å². The fraction of sp³-hybridized carbons (Fsp3) is 0.261. The zero-order chi connectivity index (χ0) is 35.0. The van der Waals surface area contributed by atoms with Crippen LogP contribution >= 0.6 is 23.1 Å². The van der Waals surface area contributed by atoms with E-state index in [0.29, 0.717) is 11.1 Å². The average Bonchev–Trinajstić information content (AvgIpc) is 3.80. The Kier molecular flexibility index (Phi) is 9.20. The fourth-order valence-corrected chi connectivity index (χ4v) is 11.7. The van der Waals surface area contributed by atoms with Crippen LogP contribution in [-0.2, 0) is 4.79 Å². The van der Waals surface area contributed by atoms with Gasteiger partial charge in [0, 0.05) is 63.9 Å². The number of thioether (sulfide) groups is 1. The highest BCUT2D eigenvalue weighted by molar-refractivity contribution is 8.17. The SMILES string of the molecule is O=C1C(c2sc(N3CCCCC3)c(-c3ccccc3)c2-c2ccccc2)=C([O-])/C1=C1/SC(=[N+]2CCCCC2)C(c2ccccc2)C1c1ccccc1. The minimum atomic E-state index is -0.115. The van der Waals surface area contributed by atoms with Crippen LogP contribution in [0.3, 0.4) is 0 Å². The number of ketones is 1. The Morgan fingerprint density at radius 3 is 1.69 bits per heavy atom. The summed E-state index contributed by atoms with van der Waals surface area (Å²) in [7, 11) is 0. The lowest BCUT2D eigenvalue weighted by atomic mass is 9.76. The van der Waals surface area contributed by atoms with E-state index in [2.05, 4.69) is 113 Å². The van der Waals surface area contributed by atoms with Crippen molar-refractivity contribution in [3.8, 4) is 22.3 Å². The van der Waals surface area contributed by atoms with E-state index in [1.807, 2.05) is 18.2 Å². The lowest BCUT2D eigenvalue weighted by Crippen LogP contribution is -2.30. The number of carbonyl (C=O) groups excluding carboxylic acids is 1. The number of benzene rings is 4. The monoisotopic (exact) mass is 718 g/mol. The van der Waals surface area contributed by atoms with Crippen molar-refractivity contribution in [1.29, 1.82) is 0 Å². The fourth-order valence-electron chi connectivity index (χ4n) is 8.61. The van der Waals surface area contributed by atoms with Gasteiger partial charge in [0.2, 0.25) is 5.04 Å². The van der Waals surface area contributed by atoms with Crippen LogP contribution < -0.4 is 10.0 Å². The van der Waals surface area contributed by atoms with E-state index in [-0.39, 0.29) is 23.4 Å². The van der Waals surface area contributed by atoms with Crippen LogP contribution in [0.5, 0.6) is 0 Å². The Morgan fingerprint density at radius 2 is 1.12 bits per heavy atom. The largest absolute Gasteiger partial charge is 0.871 e. The normalized spacial score (nSPS) is 22.2. The van der Waals surface area contributed by atoms with Crippen molar-refractivity contribution in [1.82, 2.24) is 0 Å². The predicted octanol–water partition coefficient (Wildman–Crippen LogP) is 9.89. The third-order valence-corrected chi connectivity index (χ3v) is 13.8. The van der Waals surface area contributed by atoms with E-state index in [1.54, 1.807) is 23.1 Å². The molecule has 260 valence electrons. The molecule has 9 rings (SSSR count). The number of carbonyl (C=O) groups is 1. The van der Waals surface area contributed by atoms with Crippen molar-refractivity contribution in [2.45, 2.75) is 50.4 Å². The Balaban J connectivity index is 1.27. The molecule has 0 radical (unpaired) electrons. The molecule has 0 saturated carbocycles. The smallest absolute Gasteiger partial charge is 0.223 e. The Morgan fingerprint density at radius 1 is 0.596 bits per heavy atom. The van der Waals surface area contributed by atoms with Gasteiger partial charge in [-0.1, -0.05) is 127 Å². The molecule has 4 heterocycles. The summed E-state index contributed by atoms with van der Waals surface area (Å²) in [6.45, 7) is 3.97. The van der Waals surface area contributed by atoms with Crippen molar-refractivity contribution in [3.63, 3.8) is 0 Å². The molecule has 0 bridgehead atoms. The summed E-state index contributed by atoms with van der Waals surface area (Å²) in [6, 6.07) is 42.2. The third kappa shape index (κ3) is 5.86. The summed E-state index contributed by atoms with van der Waals surface area (Å²) in [5.74, 6) is -0.293. The van der Waals surface area contributed by atoms with Crippen LogP contribution in [0.15, 0.2) is 138 Å². The second-order valence-corrected chi connectivity index (χ2v) is 16.4. The van der Waals surface area contributed by atoms with Crippen molar-refractivity contribution in [3.05, 3.63) is 154 Å². The van der Waals surface area contributed by atoms with Gasteiger partial charge in [0.1, 0.15) is 18.1 Å². The number of nitrogens with zero attached hydrogens (tertiary/aromatic N) is 2. The van der Waals surface area contributed by atoms with E-state index < -0.39 is 0 Å². The molecule has 0 spiro atoms. The molecule has 4 nitrogen and oxygen atoms in total. The Hall–Kier alpha value is -4.65. The van der Waals surface area contributed by atoms with Crippen molar-refractivity contribution in [2.75, 3.05) is 31.1 Å². The maximum atomic E-state index is 14.9. The van der Waals surface area contributed by atoms with Crippen LogP contribution in [0, 0.1) is 0 Å². The lowest BCUT2D eigenvalue weighted by molar-refractivity contribution is -0.536. The second-order valence-electron chi connectivity index (χ2n) is 14.3. The van der Waals surface area contributed by atoms with Gasteiger partial charge in [0.25, 0.3) is 0 Å². The minimum absolute atomic E-state index is 0.0378. The highest BCUT2D eigenvalue weighted by Gasteiger charge is 2.49. The molecule has 1 aromatic heterocycles. The molecule has 3 saturated heterocycles. The summed E-state index contributed by atoms with van der Waals surface area (Å²) < 4.78 is 2.54. The molecule has 2 unspecified atom stereocenters. The van der Waals surface area contributed by atoms with E-state index in [1.165, 1.54) is 23.4 Å². The summed E-state index contributed by atoms with van der Waals surface area (Å²) in [5.41, 5.74) is 7.39. The summed E-state index contributed by atoms with van der Waals surface area (Å²) >= 11 is 3.34. The quantitative estimate of drug-likeness (QED) is 0.130. The van der Waals surface area contributed by atoms with E-state index in [4.69, 9.17) is 0 Å². The topological polar surface area (TPSA) is 46.4 Å². The van der Waals surface area contributed by atoms with Gasteiger partial charge in [-0.2, -0.15) is 0 Å². The second kappa shape index (κ2) is 14.4. The summed E-state index contributed by atoms with van der Waals surface area (Å²) in [6.07, 6.45) is 7.07. The molecule has 3 fully saturated rings. The third-order valence-electron chi connectivity index (χ3n) is 11.1. The molecule has 0 amide bonds. The Labute approximate surface area is 314 Å². The Bertz CT molecular complexity index is 2190. The number of hydrogen-bond acceptors (Lipinski definition) is 5. The maximum absolute atomic E-state index is 14.9. The number of rotatable bonds is 6. The van der Waals surface area contributed by atoms with Crippen LogP contribution in [0.1, 0.15) is 66.4 Å². The van der Waals surface area contributed by atoms with Gasteiger partial charge >= 0.3 is 0 Å². The molecule has 6 heteroatoms. The number of allylic oxidation sites excluding steroid dienone is 3. The standard InChI is InChI=1S/C46H42N2O2S2/c49-41-39(43-35(31-19-7-1-8-20-31)37(33-23-11-3-12-24-33)45(51-43)47-27-15-5-16-28-47)42(50)40(41)44-36(32-21-9-2-10-22-32)38(34-25-13-4-14-26-34)46(52-44)48-29-17-6-18-30-48/h1-4,7-14,19-26,35,37H,5-6,15-18,27-30H2. The van der Waals surface area contributed by atoms with Crippen molar-refractivity contribution in [2.24, 2.45) is 0 Å². The van der Waals surface area contributed by atoms with E-state index in [9.17, 15) is 9.90 Å². The first kappa shape index (κ1) is 33.2. The highest BCUT2D eigenvalue weighted by atomic mass is 32.2. The molecule has 0 N–H and O–H groups in total. The van der Waals surface area contributed by atoms with E-state index >= 15 is 0 Å². The maximum Gasteiger partial charge on any atom is 0.223 e. The zero-order valence-electron chi connectivity index (χ0n) is 29.3. The number of piperidine rings is 2. The van der Waals surface area contributed by atoms with Crippen molar-refractivity contribution < 1.29 is 14.5 Å². The molecule has 4 aliphatic rings. The van der Waals surface area contributed by atoms with Crippen LogP contribution in [0.4, 0.5) is 5.00 Å². The number of hydrogen-bond donors (Lipinski definition) is 0. The van der Waals surface area contributed by atoms with Crippen LogP contribution in [0.2, 0.25) is 0 Å². The van der Waals surface area contributed by atoms with Gasteiger partial charge in [-0.25, -0.2) is 4.58 Å². The van der Waals surface area contributed by atoms with Gasteiger partial charge in [-0.05, 0) is 59.7 Å². The molecular formula is C46H42N2O2S2. The molecule has 4 aromatic carbocycles. The first-order valence-corrected chi connectivity index (χ1v) is 20.5.